The zero-order valence-electron chi connectivity index (χ0n) is 10.2. The van der Waals surface area contributed by atoms with E-state index in [0.717, 1.165) is 25.2 Å². The Bertz CT molecular complexity index is 414. The van der Waals surface area contributed by atoms with Gasteiger partial charge in [0.15, 0.2) is 0 Å². The maximum atomic E-state index is 12.5. The smallest absolute Gasteiger partial charge is 0.493 e. The summed E-state index contributed by atoms with van der Waals surface area (Å²) in [4.78, 5) is 0. The third-order valence-corrected chi connectivity index (χ3v) is 3.08. The van der Waals surface area contributed by atoms with Gasteiger partial charge in [-0.15, -0.1) is 5.46 Å². The van der Waals surface area contributed by atoms with Crippen molar-refractivity contribution in [3.8, 4) is 5.75 Å². The van der Waals surface area contributed by atoms with Crippen molar-refractivity contribution in [2.75, 3.05) is 19.8 Å². The lowest BCUT2D eigenvalue weighted by Crippen LogP contribution is -2.34. The van der Waals surface area contributed by atoms with Crippen LogP contribution in [0.4, 0.5) is 12.9 Å². The Morgan fingerprint density at radius 2 is 2.17 bits per heavy atom. The van der Waals surface area contributed by atoms with E-state index in [1.165, 1.54) is 6.07 Å². The number of halogens is 3. The largest absolute Gasteiger partial charge is 0.509 e. The number of benzene rings is 1. The SMILES string of the molecule is Cc1cc([B-](F)(F)F)ccc1OCC1CCOC1. The predicted octanol–water partition coefficient (Wildman–Crippen LogP) is 2.46. The van der Waals surface area contributed by atoms with Crippen molar-refractivity contribution in [1.82, 2.24) is 0 Å². The maximum absolute atomic E-state index is 12.5. The molecule has 0 aromatic heterocycles. The average molecular weight is 259 g/mol. The molecule has 6 heteroatoms. The van der Waals surface area contributed by atoms with Crippen molar-refractivity contribution in [2.24, 2.45) is 5.92 Å². The van der Waals surface area contributed by atoms with Gasteiger partial charge in [0.05, 0.1) is 13.2 Å². The van der Waals surface area contributed by atoms with E-state index in [2.05, 4.69) is 0 Å². The molecule has 1 atom stereocenters. The summed E-state index contributed by atoms with van der Waals surface area (Å²) in [6.45, 7) is -1.40. The van der Waals surface area contributed by atoms with Gasteiger partial charge in [0.25, 0.3) is 0 Å². The fourth-order valence-electron chi connectivity index (χ4n) is 1.96. The first kappa shape index (κ1) is 13.3. The summed E-state index contributed by atoms with van der Waals surface area (Å²) >= 11 is 0. The highest BCUT2D eigenvalue weighted by atomic mass is 19.4. The zero-order valence-corrected chi connectivity index (χ0v) is 10.2. The van der Waals surface area contributed by atoms with E-state index in [4.69, 9.17) is 9.47 Å². The first-order chi connectivity index (χ1) is 8.47. The molecular formula is C12H15BF3O2-. The van der Waals surface area contributed by atoms with E-state index >= 15 is 0 Å². The van der Waals surface area contributed by atoms with Gasteiger partial charge in [-0.1, -0.05) is 12.1 Å². The highest BCUT2D eigenvalue weighted by Crippen LogP contribution is 2.21. The molecule has 0 N–H and O–H groups in total. The summed E-state index contributed by atoms with van der Waals surface area (Å²) in [5.74, 6) is 0.863. The molecule has 100 valence electrons. The quantitative estimate of drug-likeness (QED) is 0.773. The molecule has 18 heavy (non-hydrogen) atoms. The summed E-state index contributed by atoms with van der Waals surface area (Å²) in [7, 11) is 0. The minimum atomic E-state index is -4.94. The van der Waals surface area contributed by atoms with Gasteiger partial charge in [0.1, 0.15) is 5.75 Å². The molecule has 1 aromatic rings. The van der Waals surface area contributed by atoms with E-state index in [0.29, 0.717) is 30.4 Å². The Morgan fingerprint density at radius 3 is 2.72 bits per heavy atom. The second kappa shape index (κ2) is 5.22. The fourth-order valence-corrected chi connectivity index (χ4v) is 1.96. The highest BCUT2D eigenvalue weighted by Gasteiger charge is 2.26. The number of rotatable bonds is 4. The molecule has 1 heterocycles. The number of hydrogen-bond donors (Lipinski definition) is 0. The van der Waals surface area contributed by atoms with Crippen LogP contribution in [-0.2, 0) is 4.74 Å². The molecule has 0 bridgehead atoms. The number of ether oxygens (including phenoxy) is 2. The molecule has 1 saturated heterocycles. The van der Waals surface area contributed by atoms with Crippen LogP contribution in [0.1, 0.15) is 12.0 Å². The first-order valence-electron chi connectivity index (χ1n) is 5.98. The van der Waals surface area contributed by atoms with Crippen molar-refractivity contribution in [1.29, 1.82) is 0 Å². The summed E-state index contributed by atoms with van der Waals surface area (Å²) in [6, 6.07) is 3.61. The van der Waals surface area contributed by atoms with Crippen molar-refractivity contribution in [2.45, 2.75) is 13.3 Å². The molecule has 0 spiro atoms. The van der Waals surface area contributed by atoms with Crippen LogP contribution in [0.3, 0.4) is 0 Å². The van der Waals surface area contributed by atoms with Crippen LogP contribution in [0.15, 0.2) is 18.2 Å². The summed E-state index contributed by atoms with van der Waals surface area (Å²) in [5, 5.41) is 0. The third-order valence-electron chi connectivity index (χ3n) is 3.08. The fraction of sp³-hybridized carbons (Fsp3) is 0.500. The molecular weight excluding hydrogens is 244 g/mol. The zero-order chi connectivity index (χ0) is 13.2. The van der Waals surface area contributed by atoms with Gasteiger partial charge in [-0.3, -0.25) is 0 Å². The van der Waals surface area contributed by atoms with E-state index in [1.54, 1.807) is 6.92 Å². The first-order valence-corrected chi connectivity index (χ1v) is 5.98. The second-order valence-electron chi connectivity index (χ2n) is 4.64. The molecule has 1 aliphatic heterocycles. The molecule has 2 nitrogen and oxygen atoms in total. The van der Waals surface area contributed by atoms with Gasteiger partial charge < -0.3 is 22.4 Å². The van der Waals surface area contributed by atoms with Crippen molar-refractivity contribution in [3.05, 3.63) is 23.8 Å². The monoisotopic (exact) mass is 259 g/mol. The third kappa shape index (κ3) is 3.19. The van der Waals surface area contributed by atoms with E-state index in [1.807, 2.05) is 0 Å². The topological polar surface area (TPSA) is 18.5 Å². The van der Waals surface area contributed by atoms with Gasteiger partial charge >= 0.3 is 6.98 Å². The van der Waals surface area contributed by atoms with Crippen LogP contribution >= 0.6 is 0 Å². The molecule has 1 fully saturated rings. The van der Waals surface area contributed by atoms with Crippen LogP contribution in [0, 0.1) is 12.8 Å². The molecule has 1 aliphatic rings. The number of hydrogen-bond acceptors (Lipinski definition) is 2. The lowest BCUT2D eigenvalue weighted by atomic mass is 9.79. The highest BCUT2D eigenvalue weighted by molar-refractivity contribution is 6.73. The van der Waals surface area contributed by atoms with E-state index < -0.39 is 12.4 Å². The van der Waals surface area contributed by atoms with Gasteiger partial charge in [-0.2, -0.15) is 0 Å². The minimum absolute atomic E-state index is 0.343. The maximum Gasteiger partial charge on any atom is 0.509 e. The molecule has 0 amide bonds. The standard InChI is InChI=1S/C12H15BF3O2/c1-9-6-11(13(14,15)16)2-3-12(9)18-8-10-4-5-17-7-10/h2-3,6,10H,4-5,7-8H2,1H3/q-1. The normalized spacial score (nSPS) is 20.1. The summed E-state index contributed by atoms with van der Waals surface area (Å²) in [6.07, 6.45) is 0.947. The van der Waals surface area contributed by atoms with Crippen LogP contribution in [0.2, 0.25) is 0 Å². The average Bonchev–Trinajstić information content (AvgIpc) is 2.79. The van der Waals surface area contributed by atoms with Crippen molar-refractivity contribution >= 4 is 12.4 Å². The van der Waals surface area contributed by atoms with Crippen LogP contribution in [0.5, 0.6) is 5.75 Å². The molecule has 1 unspecified atom stereocenters. The van der Waals surface area contributed by atoms with Gasteiger partial charge in [0.2, 0.25) is 0 Å². The van der Waals surface area contributed by atoms with Gasteiger partial charge in [-0.05, 0) is 25.0 Å². The molecule has 2 rings (SSSR count). The van der Waals surface area contributed by atoms with Gasteiger partial charge in [0, 0.05) is 12.5 Å². The second-order valence-corrected chi connectivity index (χ2v) is 4.64. The lowest BCUT2D eigenvalue weighted by molar-refractivity contribution is 0.167. The molecule has 0 saturated carbocycles. The molecule has 1 aromatic carbocycles. The Kier molecular flexibility index (Phi) is 3.85. The molecule has 0 radical (unpaired) electrons. The number of aryl methyl sites for hydroxylation is 1. The summed E-state index contributed by atoms with van der Waals surface area (Å²) < 4.78 is 48.4. The van der Waals surface area contributed by atoms with E-state index in [-0.39, 0.29) is 0 Å². The Balaban J connectivity index is 2.01. The Hall–Kier alpha value is -1.17. The van der Waals surface area contributed by atoms with Crippen molar-refractivity contribution < 1.29 is 22.4 Å². The minimum Gasteiger partial charge on any atom is -0.493 e. The molecule has 0 aliphatic carbocycles. The Morgan fingerprint density at radius 1 is 1.39 bits per heavy atom. The van der Waals surface area contributed by atoms with Crippen LogP contribution in [0.25, 0.3) is 0 Å². The lowest BCUT2D eigenvalue weighted by Gasteiger charge is -2.18. The summed E-state index contributed by atoms with van der Waals surface area (Å²) in [5.41, 5.74) is -0.0605. The Labute approximate surface area is 104 Å². The predicted molar refractivity (Wildman–Crippen MR) is 64.3 cm³/mol. The van der Waals surface area contributed by atoms with E-state index in [9.17, 15) is 12.9 Å². The van der Waals surface area contributed by atoms with Crippen molar-refractivity contribution in [3.63, 3.8) is 0 Å². The van der Waals surface area contributed by atoms with Crippen LogP contribution < -0.4 is 10.2 Å². The van der Waals surface area contributed by atoms with Gasteiger partial charge in [-0.25, -0.2) is 0 Å². The van der Waals surface area contributed by atoms with Crippen LogP contribution in [-0.4, -0.2) is 26.8 Å².